The van der Waals surface area contributed by atoms with Crippen molar-refractivity contribution < 1.29 is 14.5 Å². The van der Waals surface area contributed by atoms with Crippen molar-refractivity contribution in [2.45, 2.75) is 26.4 Å². The lowest BCUT2D eigenvalue weighted by Crippen LogP contribution is -2.53. The summed E-state index contributed by atoms with van der Waals surface area (Å²) < 4.78 is 5.90. The average molecular weight is 286 g/mol. The summed E-state index contributed by atoms with van der Waals surface area (Å²) in [5, 5.41) is 11.6. The van der Waals surface area contributed by atoms with E-state index in [0.29, 0.717) is 23.1 Å². The summed E-state index contributed by atoms with van der Waals surface area (Å²) >= 11 is 0. The summed E-state index contributed by atoms with van der Waals surface area (Å²) in [4.78, 5) is 26.2. The lowest BCUT2D eigenvalue weighted by molar-refractivity contribution is -0.383. The first-order valence-electron chi connectivity index (χ1n) is 6.63. The quantitative estimate of drug-likeness (QED) is 0.640. The summed E-state index contributed by atoms with van der Waals surface area (Å²) in [7, 11) is 0. The van der Waals surface area contributed by atoms with E-state index in [0.717, 1.165) is 0 Å². The third kappa shape index (κ3) is 2.03. The minimum absolute atomic E-state index is 0.0538. The Hall–Kier alpha value is -2.50. The summed E-state index contributed by atoms with van der Waals surface area (Å²) in [5.41, 5.74) is -0.276. The number of pyridine rings is 1. The van der Waals surface area contributed by atoms with Gasteiger partial charge in [0.15, 0.2) is 5.52 Å². The van der Waals surface area contributed by atoms with Crippen LogP contribution in [0.3, 0.4) is 0 Å². The van der Waals surface area contributed by atoms with Crippen molar-refractivity contribution in [3.8, 4) is 5.75 Å². The molecule has 0 bridgehead atoms. The van der Waals surface area contributed by atoms with Crippen molar-refractivity contribution in [1.82, 2.24) is 4.98 Å². The molecule has 6 nitrogen and oxygen atoms in total. The summed E-state index contributed by atoms with van der Waals surface area (Å²) in [6, 6.07) is 6.40. The van der Waals surface area contributed by atoms with Crippen LogP contribution >= 0.6 is 0 Å². The molecule has 2 aromatic rings. The number of ketones is 1. The predicted octanol–water partition coefficient (Wildman–Crippen LogP) is 2.89. The highest BCUT2D eigenvalue weighted by molar-refractivity contribution is 5.93. The maximum atomic E-state index is 11.6. The molecule has 1 saturated carbocycles. The number of nitro groups is 1. The van der Waals surface area contributed by atoms with Crippen LogP contribution in [0.15, 0.2) is 30.5 Å². The third-order valence-electron chi connectivity index (χ3n) is 4.07. The Morgan fingerprint density at radius 3 is 2.76 bits per heavy atom. The molecule has 0 radical (unpaired) electrons. The van der Waals surface area contributed by atoms with Crippen molar-refractivity contribution in [1.29, 1.82) is 0 Å². The molecule has 1 aromatic heterocycles. The molecule has 0 spiro atoms. The monoisotopic (exact) mass is 286 g/mol. The number of nitrogens with zero attached hydrogens (tertiary/aromatic N) is 2. The largest absolute Gasteiger partial charge is 0.488 e. The minimum atomic E-state index is -0.518. The van der Waals surface area contributed by atoms with Crippen LogP contribution < -0.4 is 4.74 Å². The van der Waals surface area contributed by atoms with E-state index >= 15 is 0 Å². The van der Waals surface area contributed by atoms with Gasteiger partial charge in [0.25, 0.3) is 5.69 Å². The second-order valence-electron chi connectivity index (χ2n) is 5.69. The molecule has 1 heterocycles. The van der Waals surface area contributed by atoms with Gasteiger partial charge in [0, 0.05) is 24.1 Å². The van der Waals surface area contributed by atoms with Crippen molar-refractivity contribution in [2.75, 3.05) is 0 Å². The van der Waals surface area contributed by atoms with Crippen LogP contribution in [0.1, 0.15) is 20.3 Å². The zero-order chi connectivity index (χ0) is 15.2. The van der Waals surface area contributed by atoms with Gasteiger partial charge in [0.2, 0.25) is 0 Å². The molecule has 6 heteroatoms. The Balaban J connectivity index is 2.03. The van der Waals surface area contributed by atoms with E-state index in [-0.39, 0.29) is 17.6 Å². The average Bonchev–Trinajstić information content (AvgIpc) is 2.46. The van der Waals surface area contributed by atoms with Gasteiger partial charge in [-0.3, -0.25) is 14.9 Å². The van der Waals surface area contributed by atoms with Gasteiger partial charge < -0.3 is 4.74 Å². The fourth-order valence-electron chi connectivity index (χ4n) is 2.46. The Bertz CT molecular complexity index is 754. The third-order valence-corrected chi connectivity index (χ3v) is 4.07. The molecule has 1 atom stereocenters. The zero-order valence-corrected chi connectivity index (χ0v) is 11.7. The first-order valence-corrected chi connectivity index (χ1v) is 6.63. The number of aromatic nitrogens is 1. The molecule has 0 aliphatic heterocycles. The molecule has 0 amide bonds. The van der Waals surface area contributed by atoms with Gasteiger partial charge in [0.05, 0.1) is 10.3 Å². The van der Waals surface area contributed by atoms with Crippen LogP contribution in [0.25, 0.3) is 10.9 Å². The maximum Gasteiger partial charge on any atom is 0.295 e. The van der Waals surface area contributed by atoms with E-state index in [9.17, 15) is 14.9 Å². The second-order valence-corrected chi connectivity index (χ2v) is 5.69. The van der Waals surface area contributed by atoms with Crippen molar-refractivity contribution >= 4 is 22.4 Å². The number of non-ortho nitro benzene ring substituents is 1. The number of fused-ring (bicyclic) bond motifs is 1. The van der Waals surface area contributed by atoms with E-state index in [1.807, 2.05) is 13.8 Å². The number of nitro benzene ring substituents is 1. The van der Waals surface area contributed by atoms with Crippen LogP contribution in [-0.2, 0) is 4.79 Å². The molecule has 0 saturated heterocycles. The van der Waals surface area contributed by atoms with E-state index in [1.54, 1.807) is 18.2 Å². The molecule has 1 unspecified atom stereocenters. The molecule has 1 aliphatic carbocycles. The van der Waals surface area contributed by atoms with Gasteiger partial charge in [0.1, 0.15) is 17.6 Å². The van der Waals surface area contributed by atoms with Crippen LogP contribution in [0, 0.1) is 15.5 Å². The maximum absolute atomic E-state index is 11.6. The van der Waals surface area contributed by atoms with Gasteiger partial charge in [-0.2, -0.15) is 0 Å². The normalized spacial score (nSPS) is 20.1. The number of hydrogen-bond donors (Lipinski definition) is 0. The number of carbonyl (C=O) groups is 1. The summed E-state index contributed by atoms with van der Waals surface area (Å²) in [6.07, 6.45) is 1.66. The highest BCUT2D eigenvalue weighted by Crippen LogP contribution is 2.41. The van der Waals surface area contributed by atoms with Crippen molar-refractivity contribution in [3.05, 3.63) is 40.6 Å². The number of hydrogen-bond acceptors (Lipinski definition) is 5. The fraction of sp³-hybridized carbons (Fsp3) is 0.333. The first kappa shape index (κ1) is 13.5. The number of rotatable bonds is 3. The fourth-order valence-corrected chi connectivity index (χ4v) is 2.46. The van der Waals surface area contributed by atoms with Crippen LogP contribution in [0.4, 0.5) is 5.69 Å². The predicted molar refractivity (Wildman–Crippen MR) is 76.2 cm³/mol. The van der Waals surface area contributed by atoms with Crippen LogP contribution in [-0.4, -0.2) is 21.8 Å². The highest BCUT2D eigenvalue weighted by atomic mass is 16.6. The van der Waals surface area contributed by atoms with Crippen molar-refractivity contribution in [3.63, 3.8) is 0 Å². The van der Waals surface area contributed by atoms with Crippen LogP contribution in [0.2, 0.25) is 0 Å². The Morgan fingerprint density at radius 1 is 1.38 bits per heavy atom. The summed E-state index contributed by atoms with van der Waals surface area (Å²) in [6.45, 7) is 3.69. The zero-order valence-electron chi connectivity index (χ0n) is 11.7. The Kier molecular flexibility index (Phi) is 2.90. The smallest absolute Gasteiger partial charge is 0.295 e. The van der Waals surface area contributed by atoms with E-state index in [2.05, 4.69) is 4.98 Å². The standard InChI is InChI=1S/C15H14N2O4/c1-15(2)12(18)8-13(15)21-11-6-5-10(17(19)20)14-9(11)4-3-7-16-14/h3-7,13H,8H2,1-2H3. The highest BCUT2D eigenvalue weighted by Gasteiger charge is 2.49. The molecular weight excluding hydrogens is 272 g/mol. The van der Waals surface area contributed by atoms with Crippen molar-refractivity contribution in [2.24, 2.45) is 5.41 Å². The molecule has 108 valence electrons. The topological polar surface area (TPSA) is 82.3 Å². The molecule has 0 N–H and O–H groups in total. The summed E-state index contributed by atoms with van der Waals surface area (Å²) in [5.74, 6) is 0.686. The van der Waals surface area contributed by atoms with Gasteiger partial charge in [-0.05, 0) is 32.0 Å². The van der Waals surface area contributed by atoms with Crippen LogP contribution in [0.5, 0.6) is 5.75 Å². The Morgan fingerprint density at radius 2 is 2.14 bits per heavy atom. The SMILES string of the molecule is CC1(C)C(=O)CC1Oc1ccc([N+](=O)[O-])c2ncccc12. The van der Waals surface area contributed by atoms with E-state index in [4.69, 9.17) is 4.74 Å². The van der Waals surface area contributed by atoms with Gasteiger partial charge in [-0.25, -0.2) is 4.98 Å². The molecular formula is C15H14N2O4. The minimum Gasteiger partial charge on any atom is -0.488 e. The molecule has 1 aromatic carbocycles. The number of carbonyl (C=O) groups excluding carboxylic acids is 1. The lowest BCUT2D eigenvalue weighted by Gasteiger charge is -2.42. The molecule has 3 rings (SSSR count). The van der Waals surface area contributed by atoms with E-state index < -0.39 is 10.3 Å². The lowest BCUT2D eigenvalue weighted by atomic mass is 9.68. The number of Topliss-reactive ketones (excluding diaryl/α,β-unsaturated/α-hetero) is 1. The van der Waals surface area contributed by atoms with Gasteiger partial charge in [-0.1, -0.05) is 0 Å². The number of benzene rings is 1. The molecule has 21 heavy (non-hydrogen) atoms. The Labute approximate surface area is 120 Å². The molecule has 1 fully saturated rings. The van der Waals surface area contributed by atoms with Gasteiger partial charge >= 0.3 is 0 Å². The number of ether oxygens (including phenoxy) is 1. The van der Waals surface area contributed by atoms with Gasteiger partial charge in [-0.15, -0.1) is 0 Å². The first-order chi connectivity index (χ1) is 9.91. The van der Waals surface area contributed by atoms with E-state index in [1.165, 1.54) is 12.3 Å². The molecule has 1 aliphatic rings. The second kappa shape index (κ2) is 4.51.